The predicted octanol–water partition coefficient (Wildman–Crippen LogP) is 2.12. The van der Waals surface area contributed by atoms with Crippen molar-refractivity contribution in [2.75, 3.05) is 13.2 Å². The summed E-state index contributed by atoms with van der Waals surface area (Å²) in [5.74, 6) is 0.687. The van der Waals surface area contributed by atoms with Crippen LogP contribution in [0.2, 0.25) is 0 Å². The van der Waals surface area contributed by atoms with Crippen LogP contribution >= 0.6 is 0 Å². The Morgan fingerprint density at radius 1 is 1.56 bits per heavy atom. The SMILES string of the molecule is Cc1c(CNCC(C)C)cnn1CC1CCCO1. The molecule has 0 aromatic carbocycles. The first-order valence-electron chi connectivity index (χ1n) is 7.00. The molecule has 1 aliphatic rings. The third-order valence-corrected chi connectivity index (χ3v) is 3.47. The Balaban J connectivity index is 1.86. The molecule has 1 aromatic heterocycles. The van der Waals surface area contributed by atoms with Crippen LogP contribution in [0.4, 0.5) is 0 Å². The van der Waals surface area contributed by atoms with Crippen molar-refractivity contribution in [1.82, 2.24) is 15.1 Å². The highest BCUT2D eigenvalue weighted by atomic mass is 16.5. The molecule has 1 N–H and O–H groups in total. The summed E-state index contributed by atoms with van der Waals surface area (Å²) in [4.78, 5) is 0. The number of nitrogens with zero attached hydrogens (tertiary/aromatic N) is 2. The maximum Gasteiger partial charge on any atom is 0.0771 e. The van der Waals surface area contributed by atoms with Crippen LogP contribution in [0.1, 0.15) is 37.9 Å². The van der Waals surface area contributed by atoms with E-state index in [4.69, 9.17) is 4.74 Å². The normalized spacial score (nSPS) is 19.9. The molecule has 102 valence electrons. The first-order chi connectivity index (χ1) is 8.66. The van der Waals surface area contributed by atoms with Crippen LogP contribution in [0, 0.1) is 12.8 Å². The molecule has 0 radical (unpaired) electrons. The molecule has 1 aliphatic heterocycles. The lowest BCUT2D eigenvalue weighted by atomic mass is 10.2. The molecule has 1 unspecified atom stereocenters. The topological polar surface area (TPSA) is 39.1 Å². The summed E-state index contributed by atoms with van der Waals surface area (Å²) in [6, 6.07) is 0. The van der Waals surface area contributed by atoms with E-state index in [-0.39, 0.29) is 0 Å². The molecule has 0 aliphatic carbocycles. The average molecular weight is 251 g/mol. The van der Waals surface area contributed by atoms with Crippen molar-refractivity contribution in [2.24, 2.45) is 5.92 Å². The fourth-order valence-corrected chi connectivity index (χ4v) is 2.32. The van der Waals surface area contributed by atoms with E-state index < -0.39 is 0 Å². The number of aromatic nitrogens is 2. The molecule has 0 amide bonds. The van der Waals surface area contributed by atoms with Gasteiger partial charge >= 0.3 is 0 Å². The molecule has 4 nitrogen and oxygen atoms in total. The molecule has 1 fully saturated rings. The van der Waals surface area contributed by atoms with E-state index in [9.17, 15) is 0 Å². The van der Waals surface area contributed by atoms with Gasteiger partial charge in [0.15, 0.2) is 0 Å². The first-order valence-corrected chi connectivity index (χ1v) is 7.00. The quantitative estimate of drug-likeness (QED) is 0.841. The van der Waals surface area contributed by atoms with Gasteiger partial charge in [-0.2, -0.15) is 5.10 Å². The van der Waals surface area contributed by atoms with Gasteiger partial charge in [-0.3, -0.25) is 4.68 Å². The highest BCUT2D eigenvalue weighted by Crippen LogP contribution is 2.16. The summed E-state index contributed by atoms with van der Waals surface area (Å²) in [6.45, 7) is 10.4. The lowest BCUT2D eigenvalue weighted by Gasteiger charge is -2.11. The fraction of sp³-hybridized carbons (Fsp3) is 0.786. The second kappa shape index (κ2) is 6.34. The maximum atomic E-state index is 5.66. The Morgan fingerprint density at radius 3 is 3.06 bits per heavy atom. The number of hydrogen-bond acceptors (Lipinski definition) is 3. The summed E-state index contributed by atoms with van der Waals surface area (Å²) in [6.07, 6.45) is 4.70. The lowest BCUT2D eigenvalue weighted by Crippen LogP contribution is -2.20. The van der Waals surface area contributed by atoms with Crippen molar-refractivity contribution in [3.05, 3.63) is 17.5 Å². The van der Waals surface area contributed by atoms with Crippen molar-refractivity contribution in [2.45, 2.75) is 52.8 Å². The Labute approximate surface area is 110 Å². The smallest absolute Gasteiger partial charge is 0.0771 e. The van der Waals surface area contributed by atoms with Gasteiger partial charge in [0.05, 0.1) is 18.8 Å². The molecule has 4 heteroatoms. The number of rotatable bonds is 6. The van der Waals surface area contributed by atoms with Gasteiger partial charge in [0, 0.05) is 24.4 Å². The Bertz CT molecular complexity index is 367. The molecular weight excluding hydrogens is 226 g/mol. The standard InChI is InChI=1S/C14H25N3O/c1-11(2)7-15-8-13-9-16-17(12(13)3)10-14-5-4-6-18-14/h9,11,14-15H,4-8,10H2,1-3H3. The van der Waals surface area contributed by atoms with E-state index in [0.29, 0.717) is 12.0 Å². The second-order valence-corrected chi connectivity index (χ2v) is 5.60. The van der Waals surface area contributed by atoms with E-state index in [1.165, 1.54) is 24.1 Å². The summed E-state index contributed by atoms with van der Waals surface area (Å²) in [5, 5.41) is 7.94. The number of hydrogen-bond donors (Lipinski definition) is 1. The second-order valence-electron chi connectivity index (χ2n) is 5.60. The molecule has 0 bridgehead atoms. The van der Waals surface area contributed by atoms with Crippen LogP contribution in [0.3, 0.4) is 0 Å². The zero-order valence-corrected chi connectivity index (χ0v) is 11.8. The van der Waals surface area contributed by atoms with E-state index in [1.54, 1.807) is 0 Å². The van der Waals surface area contributed by atoms with Crippen LogP contribution in [0.15, 0.2) is 6.20 Å². The van der Waals surface area contributed by atoms with Crippen molar-refractivity contribution in [3.63, 3.8) is 0 Å². The Hall–Kier alpha value is -0.870. The minimum absolute atomic E-state index is 0.361. The zero-order chi connectivity index (χ0) is 13.0. The molecular formula is C14H25N3O. The van der Waals surface area contributed by atoms with Crippen LogP contribution in [-0.2, 0) is 17.8 Å². The summed E-state index contributed by atoms with van der Waals surface area (Å²) in [7, 11) is 0. The van der Waals surface area contributed by atoms with Crippen LogP contribution in [-0.4, -0.2) is 29.0 Å². The Morgan fingerprint density at radius 2 is 2.39 bits per heavy atom. The minimum Gasteiger partial charge on any atom is -0.376 e. The first kappa shape index (κ1) is 13.6. The largest absolute Gasteiger partial charge is 0.376 e. The van der Waals surface area contributed by atoms with E-state index in [1.807, 2.05) is 6.20 Å². The van der Waals surface area contributed by atoms with Gasteiger partial charge in [0.1, 0.15) is 0 Å². The zero-order valence-electron chi connectivity index (χ0n) is 11.8. The third-order valence-electron chi connectivity index (χ3n) is 3.47. The minimum atomic E-state index is 0.361. The van der Waals surface area contributed by atoms with Gasteiger partial charge in [0.25, 0.3) is 0 Å². The third kappa shape index (κ3) is 3.56. The van der Waals surface area contributed by atoms with Crippen molar-refractivity contribution < 1.29 is 4.74 Å². The van der Waals surface area contributed by atoms with E-state index >= 15 is 0 Å². The average Bonchev–Trinajstić information content (AvgIpc) is 2.93. The Kier molecular flexibility index (Phi) is 4.78. The maximum absolute atomic E-state index is 5.66. The number of ether oxygens (including phenoxy) is 1. The molecule has 0 saturated carbocycles. The molecule has 2 rings (SSSR count). The summed E-state index contributed by atoms with van der Waals surface area (Å²) < 4.78 is 7.74. The van der Waals surface area contributed by atoms with Gasteiger partial charge in [-0.25, -0.2) is 0 Å². The van der Waals surface area contributed by atoms with Crippen LogP contribution < -0.4 is 5.32 Å². The lowest BCUT2D eigenvalue weighted by molar-refractivity contribution is 0.0934. The van der Waals surface area contributed by atoms with E-state index in [2.05, 4.69) is 35.9 Å². The predicted molar refractivity (Wildman–Crippen MR) is 72.5 cm³/mol. The van der Waals surface area contributed by atoms with E-state index in [0.717, 1.165) is 26.2 Å². The molecule has 0 spiro atoms. The monoisotopic (exact) mass is 251 g/mol. The highest BCUT2D eigenvalue weighted by molar-refractivity contribution is 5.15. The molecule has 1 saturated heterocycles. The summed E-state index contributed by atoms with van der Waals surface area (Å²) >= 11 is 0. The molecule has 18 heavy (non-hydrogen) atoms. The molecule has 1 aromatic rings. The molecule has 1 atom stereocenters. The van der Waals surface area contributed by atoms with Gasteiger partial charge in [0.2, 0.25) is 0 Å². The highest BCUT2D eigenvalue weighted by Gasteiger charge is 2.17. The van der Waals surface area contributed by atoms with Crippen LogP contribution in [0.5, 0.6) is 0 Å². The molecule has 2 heterocycles. The van der Waals surface area contributed by atoms with Gasteiger partial charge < -0.3 is 10.1 Å². The van der Waals surface area contributed by atoms with Crippen molar-refractivity contribution in [3.8, 4) is 0 Å². The summed E-state index contributed by atoms with van der Waals surface area (Å²) in [5.41, 5.74) is 2.57. The van der Waals surface area contributed by atoms with Gasteiger partial charge in [-0.15, -0.1) is 0 Å². The fourth-order valence-electron chi connectivity index (χ4n) is 2.32. The van der Waals surface area contributed by atoms with Crippen molar-refractivity contribution >= 4 is 0 Å². The van der Waals surface area contributed by atoms with Gasteiger partial charge in [-0.1, -0.05) is 13.8 Å². The van der Waals surface area contributed by atoms with Crippen LogP contribution in [0.25, 0.3) is 0 Å². The number of nitrogens with one attached hydrogen (secondary N) is 1. The van der Waals surface area contributed by atoms with Gasteiger partial charge in [-0.05, 0) is 32.2 Å². The van der Waals surface area contributed by atoms with Crippen molar-refractivity contribution in [1.29, 1.82) is 0 Å².